The quantitative estimate of drug-likeness (QED) is 0.713. The molecule has 0 aromatic rings. The SMILES string of the molecule is CC1CCC(N[C@@H](C)C2CCCCCC2)C(C)C1. The molecule has 3 unspecified atom stereocenters. The highest BCUT2D eigenvalue weighted by Crippen LogP contribution is 2.31. The number of nitrogens with one attached hydrogen (secondary N) is 1. The molecule has 2 aliphatic carbocycles. The molecule has 0 amide bonds. The molecular weight excluding hydrogens is 218 g/mol. The fourth-order valence-corrected chi connectivity index (χ4v) is 4.20. The second-order valence-corrected chi connectivity index (χ2v) is 7.21. The third kappa shape index (κ3) is 3.98. The van der Waals surface area contributed by atoms with Gasteiger partial charge in [-0.25, -0.2) is 0 Å². The number of hydrogen-bond acceptors (Lipinski definition) is 1. The molecule has 2 rings (SSSR count). The van der Waals surface area contributed by atoms with E-state index in [9.17, 15) is 0 Å². The van der Waals surface area contributed by atoms with E-state index >= 15 is 0 Å². The van der Waals surface area contributed by atoms with Gasteiger partial charge < -0.3 is 5.32 Å². The first-order chi connectivity index (χ1) is 8.66. The normalized spacial score (nSPS) is 37.2. The summed E-state index contributed by atoms with van der Waals surface area (Å²) in [5.41, 5.74) is 0. The Morgan fingerprint density at radius 1 is 0.889 bits per heavy atom. The highest BCUT2D eigenvalue weighted by atomic mass is 15.0. The molecule has 0 aromatic carbocycles. The topological polar surface area (TPSA) is 12.0 Å². The van der Waals surface area contributed by atoms with Gasteiger partial charge in [0.1, 0.15) is 0 Å². The van der Waals surface area contributed by atoms with E-state index in [2.05, 4.69) is 26.1 Å². The molecule has 0 saturated heterocycles. The summed E-state index contributed by atoms with van der Waals surface area (Å²) in [4.78, 5) is 0. The van der Waals surface area contributed by atoms with E-state index in [-0.39, 0.29) is 0 Å². The number of rotatable bonds is 3. The summed E-state index contributed by atoms with van der Waals surface area (Å²) in [6.45, 7) is 7.31. The van der Waals surface area contributed by atoms with Crippen molar-refractivity contribution in [2.45, 2.75) is 90.6 Å². The lowest BCUT2D eigenvalue weighted by Gasteiger charge is -2.37. The first kappa shape index (κ1) is 14.4. The van der Waals surface area contributed by atoms with Gasteiger partial charge in [-0.05, 0) is 56.8 Å². The summed E-state index contributed by atoms with van der Waals surface area (Å²) in [7, 11) is 0. The van der Waals surface area contributed by atoms with Gasteiger partial charge in [-0.15, -0.1) is 0 Å². The van der Waals surface area contributed by atoms with Crippen LogP contribution in [-0.4, -0.2) is 12.1 Å². The zero-order valence-corrected chi connectivity index (χ0v) is 12.8. The van der Waals surface area contributed by atoms with Crippen LogP contribution in [0.4, 0.5) is 0 Å². The summed E-state index contributed by atoms with van der Waals surface area (Å²) in [5.74, 6) is 2.77. The van der Waals surface area contributed by atoms with Crippen molar-refractivity contribution in [2.24, 2.45) is 17.8 Å². The van der Waals surface area contributed by atoms with Crippen molar-refractivity contribution >= 4 is 0 Å². The van der Waals surface area contributed by atoms with E-state index in [1.54, 1.807) is 0 Å². The van der Waals surface area contributed by atoms with E-state index in [0.717, 1.165) is 29.8 Å². The van der Waals surface area contributed by atoms with Gasteiger partial charge in [0.15, 0.2) is 0 Å². The lowest BCUT2D eigenvalue weighted by Crippen LogP contribution is -2.46. The molecule has 2 fully saturated rings. The fraction of sp³-hybridized carbons (Fsp3) is 1.00. The zero-order valence-electron chi connectivity index (χ0n) is 12.8. The number of hydrogen-bond donors (Lipinski definition) is 1. The van der Waals surface area contributed by atoms with E-state index in [1.165, 1.54) is 57.8 Å². The van der Waals surface area contributed by atoms with Crippen LogP contribution in [0.15, 0.2) is 0 Å². The van der Waals surface area contributed by atoms with Crippen molar-refractivity contribution in [3.63, 3.8) is 0 Å². The van der Waals surface area contributed by atoms with Gasteiger partial charge in [-0.3, -0.25) is 0 Å². The molecule has 1 N–H and O–H groups in total. The molecule has 18 heavy (non-hydrogen) atoms. The third-order valence-corrected chi connectivity index (χ3v) is 5.52. The molecule has 0 spiro atoms. The molecule has 1 nitrogen and oxygen atoms in total. The van der Waals surface area contributed by atoms with Crippen molar-refractivity contribution in [2.75, 3.05) is 0 Å². The lowest BCUT2D eigenvalue weighted by atomic mass is 9.79. The average molecular weight is 251 g/mol. The fourth-order valence-electron chi connectivity index (χ4n) is 4.20. The van der Waals surface area contributed by atoms with Crippen LogP contribution in [0.2, 0.25) is 0 Å². The summed E-state index contributed by atoms with van der Waals surface area (Å²) >= 11 is 0. The second kappa shape index (κ2) is 6.93. The van der Waals surface area contributed by atoms with Gasteiger partial charge in [0, 0.05) is 12.1 Å². The van der Waals surface area contributed by atoms with Crippen LogP contribution in [0.5, 0.6) is 0 Å². The van der Waals surface area contributed by atoms with Crippen LogP contribution in [0, 0.1) is 17.8 Å². The highest BCUT2D eigenvalue weighted by molar-refractivity contribution is 4.85. The maximum absolute atomic E-state index is 3.99. The van der Waals surface area contributed by atoms with E-state index < -0.39 is 0 Å². The van der Waals surface area contributed by atoms with E-state index in [1.807, 2.05) is 0 Å². The molecule has 0 heterocycles. The lowest BCUT2D eigenvalue weighted by molar-refractivity contribution is 0.194. The Hall–Kier alpha value is -0.0400. The van der Waals surface area contributed by atoms with Crippen LogP contribution in [0.25, 0.3) is 0 Å². The van der Waals surface area contributed by atoms with Crippen molar-refractivity contribution in [3.05, 3.63) is 0 Å². The first-order valence-electron chi connectivity index (χ1n) is 8.43. The Bertz CT molecular complexity index is 230. The molecule has 1 heteroatoms. The van der Waals surface area contributed by atoms with Gasteiger partial charge in [0.05, 0.1) is 0 Å². The summed E-state index contributed by atoms with van der Waals surface area (Å²) in [6.07, 6.45) is 13.1. The maximum Gasteiger partial charge on any atom is 0.00954 e. The van der Waals surface area contributed by atoms with Crippen LogP contribution >= 0.6 is 0 Å². The van der Waals surface area contributed by atoms with Crippen LogP contribution in [0.3, 0.4) is 0 Å². The van der Waals surface area contributed by atoms with Crippen molar-refractivity contribution < 1.29 is 0 Å². The summed E-state index contributed by atoms with van der Waals surface area (Å²) in [5, 5.41) is 3.99. The Kier molecular flexibility index (Phi) is 5.54. The Labute approximate surface area is 114 Å². The van der Waals surface area contributed by atoms with Crippen molar-refractivity contribution in [1.29, 1.82) is 0 Å². The highest BCUT2D eigenvalue weighted by Gasteiger charge is 2.28. The minimum atomic E-state index is 0.740. The Morgan fingerprint density at radius 3 is 2.17 bits per heavy atom. The van der Waals surface area contributed by atoms with Gasteiger partial charge in [0.25, 0.3) is 0 Å². The first-order valence-corrected chi connectivity index (χ1v) is 8.43. The van der Waals surface area contributed by atoms with Crippen LogP contribution in [-0.2, 0) is 0 Å². The Balaban J connectivity index is 1.80. The molecule has 2 saturated carbocycles. The predicted molar refractivity (Wildman–Crippen MR) is 79.8 cm³/mol. The molecule has 0 aliphatic heterocycles. The predicted octanol–water partition coefficient (Wildman–Crippen LogP) is 4.76. The minimum absolute atomic E-state index is 0.740. The monoisotopic (exact) mass is 251 g/mol. The third-order valence-electron chi connectivity index (χ3n) is 5.52. The van der Waals surface area contributed by atoms with Gasteiger partial charge >= 0.3 is 0 Å². The molecule has 0 bridgehead atoms. The minimum Gasteiger partial charge on any atom is -0.311 e. The van der Waals surface area contributed by atoms with Gasteiger partial charge in [0.2, 0.25) is 0 Å². The Morgan fingerprint density at radius 2 is 1.56 bits per heavy atom. The second-order valence-electron chi connectivity index (χ2n) is 7.21. The molecule has 4 atom stereocenters. The van der Waals surface area contributed by atoms with Crippen LogP contribution in [0.1, 0.15) is 78.6 Å². The standard InChI is InChI=1S/C17H33N/c1-13-10-11-17(14(2)12-13)18-15(3)16-8-6-4-5-7-9-16/h13-18H,4-12H2,1-3H3/t13?,14?,15-,17?/m0/s1. The van der Waals surface area contributed by atoms with Crippen molar-refractivity contribution in [3.8, 4) is 0 Å². The van der Waals surface area contributed by atoms with Crippen LogP contribution < -0.4 is 5.32 Å². The largest absolute Gasteiger partial charge is 0.311 e. The smallest absolute Gasteiger partial charge is 0.00954 e. The summed E-state index contributed by atoms with van der Waals surface area (Å²) in [6, 6.07) is 1.53. The zero-order chi connectivity index (χ0) is 13.0. The molecule has 2 aliphatic rings. The molecular formula is C17H33N. The molecule has 106 valence electrons. The van der Waals surface area contributed by atoms with Crippen molar-refractivity contribution in [1.82, 2.24) is 5.32 Å². The van der Waals surface area contributed by atoms with E-state index in [0.29, 0.717) is 0 Å². The van der Waals surface area contributed by atoms with Gasteiger partial charge in [-0.2, -0.15) is 0 Å². The summed E-state index contributed by atoms with van der Waals surface area (Å²) < 4.78 is 0. The molecule has 0 aromatic heterocycles. The molecule has 0 radical (unpaired) electrons. The maximum atomic E-state index is 3.99. The van der Waals surface area contributed by atoms with E-state index in [4.69, 9.17) is 0 Å². The van der Waals surface area contributed by atoms with Gasteiger partial charge in [-0.1, -0.05) is 39.5 Å². The average Bonchev–Trinajstić information content (AvgIpc) is 2.61.